The minimum Gasteiger partial charge on any atom is -0.377 e. The average Bonchev–Trinajstić information content (AvgIpc) is 2.40. The van der Waals surface area contributed by atoms with Crippen LogP contribution in [0.1, 0.15) is 26.2 Å². The van der Waals surface area contributed by atoms with E-state index in [1.807, 2.05) is 0 Å². The topological polar surface area (TPSA) is 12.5 Å². The molecule has 2 heterocycles. The Morgan fingerprint density at radius 2 is 2.00 bits per heavy atom. The summed E-state index contributed by atoms with van der Waals surface area (Å²) in [6.45, 7) is 5.93. The van der Waals surface area contributed by atoms with E-state index >= 15 is 0 Å². The summed E-state index contributed by atoms with van der Waals surface area (Å²) in [6, 6.07) is 0.905. The molecular weight excluding hydrogens is 162 g/mol. The molecule has 0 aromatic rings. The molecule has 1 aliphatic carbocycles. The summed E-state index contributed by atoms with van der Waals surface area (Å²) >= 11 is 0. The maximum Gasteiger partial charge on any atom is 0.0706 e. The highest BCUT2D eigenvalue weighted by molar-refractivity contribution is 4.92. The summed E-state index contributed by atoms with van der Waals surface area (Å²) in [4.78, 5) is 2.69. The maximum atomic E-state index is 5.71. The van der Waals surface area contributed by atoms with Crippen LogP contribution in [0.4, 0.5) is 0 Å². The van der Waals surface area contributed by atoms with Crippen molar-refractivity contribution in [3.05, 3.63) is 0 Å². The SMILES string of the molecule is CC1CC(N2CC3COC(C3)C2)C1. The van der Waals surface area contributed by atoms with Gasteiger partial charge in [0, 0.05) is 19.1 Å². The molecule has 1 saturated carbocycles. The van der Waals surface area contributed by atoms with Gasteiger partial charge in [-0.1, -0.05) is 6.92 Å². The van der Waals surface area contributed by atoms with Gasteiger partial charge < -0.3 is 4.74 Å². The van der Waals surface area contributed by atoms with E-state index in [9.17, 15) is 0 Å². The molecule has 2 heteroatoms. The molecular formula is C11H19NO. The van der Waals surface area contributed by atoms with Crippen LogP contribution in [0.15, 0.2) is 0 Å². The molecule has 0 aromatic heterocycles. The summed E-state index contributed by atoms with van der Waals surface area (Å²) in [5.74, 6) is 1.83. The smallest absolute Gasteiger partial charge is 0.0706 e. The summed E-state index contributed by atoms with van der Waals surface area (Å²) in [5.41, 5.74) is 0. The number of hydrogen-bond donors (Lipinski definition) is 0. The fourth-order valence-corrected chi connectivity index (χ4v) is 3.16. The molecule has 2 saturated heterocycles. The standard InChI is InChI=1S/C11H19NO/c1-8-2-10(3-8)12-5-9-4-11(6-12)13-7-9/h8-11H,2-7H2,1H3. The first-order chi connectivity index (χ1) is 6.31. The van der Waals surface area contributed by atoms with Gasteiger partial charge in [-0.3, -0.25) is 4.90 Å². The molecule has 3 aliphatic rings. The highest BCUT2D eigenvalue weighted by atomic mass is 16.5. The predicted octanol–water partition coefficient (Wildman–Crippen LogP) is 1.51. The third-order valence-corrected chi connectivity index (χ3v) is 3.96. The van der Waals surface area contributed by atoms with Crippen molar-refractivity contribution in [3.63, 3.8) is 0 Å². The van der Waals surface area contributed by atoms with Crippen LogP contribution in [0.3, 0.4) is 0 Å². The molecule has 2 nitrogen and oxygen atoms in total. The largest absolute Gasteiger partial charge is 0.377 e. The lowest BCUT2D eigenvalue weighted by atomic mass is 9.79. The molecule has 0 radical (unpaired) electrons. The third kappa shape index (κ3) is 1.40. The fourth-order valence-electron chi connectivity index (χ4n) is 3.16. The number of fused-ring (bicyclic) bond motifs is 2. The Morgan fingerprint density at radius 3 is 2.69 bits per heavy atom. The van der Waals surface area contributed by atoms with Crippen molar-refractivity contribution >= 4 is 0 Å². The molecule has 2 atom stereocenters. The van der Waals surface area contributed by atoms with E-state index < -0.39 is 0 Å². The lowest BCUT2D eigenvalue weighted by Crippen LogP contribution is -2.50. The lowest BCUT2D eigenvalue weighted by molar-refractivity contribution is 0.0260. The molecule has 2 aliphatic heterocycles. The molecule has 0 aromatic carbocycles. The van der Waals surface area contributed by atoms with Crippen molar-refractivity contribution < 1.29 is 4.74 Å². The van der Waals surface area contributed by atoms with Crippen molar-refractivity contribution in [3.8, 4) is 0 Å². The van der Waals surface area contributed by atoms with Gasteiger partial charge >= 0.3 is 0 Å². The van der Waals surface area contributed by atoms with Crippen LogP contribution < -0.4 is 0 Å². The van der Waals surface area contributed by atoms with Gasteiger partial charge in [-0.2, -0.15) is 0 Å². The number of nitrogens with zero attached hydrogens (tertiary/aromatic N) is 1. The normalized spacial score (nSPS) is 50.5. The molecule has 13 heavy (non-hydrogen) atoms. The summed E-state index contributed by atoms with van der Waals surface area (Å²) in [7, 11) is 0. The van der Waals surface area contributed by atoms with Gasteiger partial charge in [0.25, 0.3) is 0 Å². The maximum absolute atomic E-state index is 5.71. The first-order valence-electron chi connectivity index (χ1n) is 5.67. The number of rotatable bonds is 1. The van der Waals surface area contributed by atoms with E-state index in [-0.39, 0.29) is 0 Å². The average molecular weight is 181 g/mol. The van der Waals surface area contributed by atoms with E-state index in [0.29, 0.717) is 6.10 Å². The second kappa shape index (κ2) is 2.96. The lowest BCUT2D eigenvalue weighted by Gasteiger charge is -2.44. The molecule has 2 unspecified atom stereocenters. The zero-order valence-corrected chi connectivity index (χ0v) is 8.41. The van der Waals surface area contributed by atoms with Gasteiger partial charge in [-0.05, 0) is 31.1 Å². The Balaban J connectivity index is 1.60. The van der Waals surface area contributed by atoms with Crippen LogP contribution in [0.2, 0.25) is 0 Å². The highest BCUT2D eigenvalue weighted by Crippen LogP contribution is 2.36. The van der Waals surface area contributed by atoms with Crippen molar-refractivity contribution in [2.24, 2.45) is 11.8 Å². The first-order valence-corrected chi connectivity index (χ1v) is 5.67. The van der Waals surface area contributed by atoms with Gasteiger partial charge in [0.15, 0.2) is 0 Å². The molecule has 0 spiro atoms. The molecule has 0 N–H and O–H groups in total. The van der Waals surface area contributed by atoms with Crippen LogP contribution in [0.25, 0.3) is 0 Å². The Labute approximate surface area is 80.2 Å². The zero-order chi connectivity index (χ0) is 8.84. The monoisotopic (exact) mass is 181 g/mol. The predicted molar refractivity (Wildman–Crippen MR) is 51.6 cm³/mol. The van der Waals surface area contributed by atoms with Crippen LogP contribution in [0, 0.1) is 11.8 Å². The van der Waals surface area contributed by atoms with E-state index in [4.69, 9.17) is 4.74 Å². The number of likely N-dealkylation sites (tertiary alicyclic amines) is 1. The van der Waals surface area contributed by atoms with Gasteiger partial charge in [0.2, 0.25) is 0 Å². The molecule has 74 valence electrons. The quantitative estimate of drug-likeness (QED) is 0.608. The Kier molecular flexibility index (Phi) is 1.88. The second-order valence-corrected chi connectivity index (χ2v) is 5.24. The third-order valence-electron chi connectivity index (χ3n) is 3.96. The fraction of sp³-hybridized carbons (Fsp3) is 1.00. The van der Waals surface area contributed by atoms with Gasteiger partial charge in [0.1, 0.15) is 0 Å². The van der Waals surface area contributed by atoms with E-state index in [0.717, 1.165) is 24.5 Å². The number of piperidine rings is 1. The first kappa shape index (κ1) is 8.25. The minimum absolute atomic E-state index is 0.578. The summed E-state index contributed by atoms with van der Waals surface area (Å²) < 4.78 is 5.71. The highest BCUT2D eigenvalue weighted by Gasteiger charge is 2.39. The van der Waals surface area contributed by atoms with Crippen LogP contribution >= 0.6 is 0 Å². The van der Waals surface area contributed by atoms with Crippen LogP contribution in [-0.2, 0) is 4.74 Å². The van der Waals surface area contributed by atoms with Gasteiger partial charge in [-0.15, -0.1) is 0 Å². The van der Waals surface area contributed by atoms with Crippen molar-refractivity contribution in [2.45, 2.75) is 38.3 Å². The molecule has 3 rings (SSSR count). The van der Waals surface area contributed by atoms with Crippen molar-refractivity contribution in [1.82, 2.24) is 4.90 Å². The van der Waals surface area contributed by atoms with E-state index in [2.05, 4.69) is 11.8 Å². The van der Waals surface area contributed by atoms with Gasteiger partial charge in [-0.25, -0.2) is 0 Å². The summed E-state index contributed by atoms with van der Waals surface area (Å²) in [6.07, 6.45) is 4.77. The van der Waals surface area contributed by atoms with Crippen molar-refractivity contribution in [2.75, 3.05) is 19.7 Å². The molecule has 2 bridgehead atoms. The van der Waals surface area contributed by atoms with E-state index in [1.165, 1.54) is 32.4 Å². The van der Waals surface area contributed by atoms with Crippen molar-refractivity contribution in [1.29, 1.82) is 0 Å². The Morgan fingerprint density at radius 1 is 1.15 bits per heavy atom. The number of hydrogen-bond acceptors (Lipinski definition) is 2. The van der Waals surface area contributed by atoms with Crippen LogP contribution in [-0.4, -0.2) is 36.7 Å². The summed E-state index contributed by atoms with van der Waals surface area (Å²) in [5, 5.41) is 0. The van der Waals surface area contributed by atoms with E-state index in [1.54, 1.807) is 0 Å². The Bertz CT molecular complexity index is 188. The molecule has 3 fully saturated rings. The number of ether oxygens (including phenoxy) is 1. The minimum atomic E-state index is 0.578. The second-order valence-electron chi connectivity index (χ2n) is 5.24. The van der Waals surface area contributed by atoms with Gasteiger partial charge in [0.05, 0.1) is 12.7 Å². The molecule has 0 amide bonds. The van der Waals surface area contributed by atoms with Crippen LogP contribution in [0.5, 0.6) is 0 Å². The Hall–Kier alpha value is -0.0800. The zero-order valence-electron chi connectivity index (χ0n) is 8.41.